The molecule has 0 radical (unpaired) electrons. The number of rotatable bonds is 12. The number of carbonyl (C=O) groups excluding carboxylic acids is 5. The topological polar surface area (TPSA) is 174 Å². The molecule has 3 aliphatic heterocycles. The lowest BCUT2D eigenvalue weighted by Gasteiger charge is -2.36. The van der Waals surface area contributed by atoms with Gasteiger partial charge in [-0.15, -0.1) is 0 Å². The van der Waals surface area contributed by atoms with E-state index in [4.69, 9.17) is 18.9 Å². The van der Waals surface area contributed by atoms with Gasteiger partial charge in [-0.2, -0.15) is 5.10 Å². The van der Waals surface area contributed by atoms with Gasteiger partial charge in [0.1, 0.15) is 12.1 Å². The average molecular weight is 724 g/mol. The summed E-state index contributed by atoms with van der Waals surface area (Å²) in [5.74, 6) is -2.11. The van der Waals surface area contributed by atoms with E-state index >= 15 is 0 Å². The molecule has 16 nitrogen and oxygen atoms in total. The number of nitrogens with one attached hydrogen (secondary N) is 2. The Bertz CT molecular complexity index is 1600. The summed E-state index contributed by atoms with van der Waals surface area (Å²) in [6.45, 7) is 7.04. The third-order valence-corrected chi connectivity index (χ3v) is 9.87. The first-order valence-corrected chi connectivity index (χ1v) is 18.2. The Hall–Kier alpha value is -4.70. The van der Waals surface area contributed by atoms with Gasteiger partial charge in [0.2, 0.25) is 17.7 Å². The van der Waals surface area contributed by atoms with E-state index in [-0.39, 0.29) is 74.7 Å². The molecule has 1 aliphatic carbocycles. The molecule has 4 fully saturated rings. The maximum Gasteiger partial charge on any atom is 0.409 e. The summed E-state index contributed by atoms with van der Waals surface area (Å²) in [6.07, 6.45) is 3.58. The van der Waals surface area contributed by atoms with Gasteiger partial charge in [0, 0.05) is 51.3 Å². The molecule has 5 amide bonds. The second-order valence-electron chi connectivity index (χ2n) is 14.0. The van der Waals surface area contributed by atoms with Crippen LogP contribution in [-0.4, -0.2) is 137 Å². The van der Waals surface area contributed by atoms with Crippen LogP contribution in [-0.2, 0) is 28.6 Å². The van der Waals surface area contributed by atoms with Crippen molar-refractivity contribution in [1.82, 2.24) is 35.1 Å². The van der Waals surface area contributed by atoms with Crippen molar-refractivity contribution in [3.05, 3.63) is 42.1 Å². The number of hydrogen-bond acceptors (Lipinski definition) is 10. The average Bonchev–Trinajstić information content (AvgIpc) is 3.87. The van der Waals surface area contributed by atoms with Crippen molar-refractivity contribution in [1.29, 1.82) is 0 Å². The molecule has 16 heteroatoms. The van der Waals surface area contributed by atoms with Gasteiger partial charge in [-0.1, -0.05) is 18.2 Å². The zero-order valence-electron chi connectivity index (χ0n) is 30.1. The minimum atomic E-state index is -0.991. The number of hydrogen-bond donors (Lipinski definition) is 2. The number of carbonyl (C=O) groups is 5. The third-order valence-electron chi connectivity index (χ3n) is 9.87. The van der Waals surface area contributed by atoms with Crippen LogP contribution in [0.25, 0.3) is 5.69 Å². The van der Waals surface area contributed by atoms with Crippen LogP contribution in [0.15, 0.2) is 36.4 Å². The van der Waals surface area contributed by atoms with Crippen LogP contribution in [0.5, 0.6) is 5.88 Å². The molecule has 3 atom stereocenters. The second kappa shape index (κ2) is 16.3. The van der Waals surface area contributed by atoms with Crippen LogP contribution in [0.2, 0.25) is 0 Å². The first-order chi connectivity index (χ1) is 25.0. The first-order valence-electron chi connectivity index (χ1n) is 18.2. The van der Waals surface area contributed by atoms with Crippen molar-refractivity contribution in [2.75, 3.05) is 52.5 Å². The van der Waals surface area contributed by atoms with E-state index in [0.29, 0.717) is 31.7 Å². The standard InChI is InChI=1S/C36H49N7O9/c1-4-49-35(48)41-18-16-40(17-19-41)34(47)28(20-26-22-51-36(2,3)52-26)38-32(45)27-21-31(43(39-27)25-12-6-5-7-13-25)50-23-30(44)42-15-9-14-29(42)33(46)37-24-10-8-11-24/h5-7,12-13,21,24,26,28-29H,4,8-11,14-20,22-23H2,1-3H3,(H,37,46)(H,38,45)/t26?,28-,29-/m0/s1. The molecule has 4 aliphatic rings. The van der Waals surface area contributed by atoms with Gasteiger partial charge >= 0.3 is 6.09 Å². The Morgan fingerprint density at radius 2 is 1.71 bits per heavy atom. The van der Waals surface area contributed by atoms with Gasteiger partial charge in [-0.05, 0) is 65.0 Å². The van der Waals surface area contributed by atoms with Crippen molar-refractivity contribution in [3.63, 3.8) is 0 Å². The van der Waals surface area contributed by atoms with E-state index < -0.39 is 36.0 Å². The molecule has 52 heavy (non-hydrogen) atoms. The maximum absolute atomic E-state index is 13.9. The van der Waals surface area contributed by atoms with E-state index in [0.717, 1.165) is 25.7 Å². The van der Waals surface area contributed by atoms with Crippen LogP contribution in [0.4, 0.5) is 4.79 Å². The zero-order valence-corrected chi connectivity index (χ0v) is 30.1. The van der Waals surface area contributed by atoms with Crippen LogP contribution >= 0.6 is 0 Å². The number of para-hydroxylation sites is 1. The Kier molecular flexibility index (Phi) is 11.6. The highest BCUT2D eigenvalue weighted by Crippen LogP contribution is 2.27. The molecule has 282 valence electrons. The predicted molar refractivity (Wildman–Crippen MR) is 186 cm³/mol. The lowest BCUT2D eigenvalue weighted by molar-refractivity contribution is -0.144. The van der Waals surface area contributed by atoms with Crippen LogP contribution in [0.3, 0.4) is 0 Å². The fourth-order valence-corrected chi connectivity index (χ4v) is 6.88. The lowest BCUT2D eigenvalue weighted by Crippen LogP contribution is -2.56. The molecule has 0 spiro atoms. The normalized spacial score (nSPS) is 22.0. The minimum absolute atomic E-state index is 0.0286. The van der Waals surface area contributed by atoms with Crippen molar-refractivity contribution in [2.45, 2.75) is 89.3 Å². The van der Waals surface area contributed by atoms with Gasteiger partial charge in [-0.3, -0.25) is 19.2 Å². The SMILES string of the molecule is CCOC(=O)N1CCN(C(=O)[C@H](CC2COC(C)(C)O2)NC(=O)c2cc(OCC(=O)N3CCC[C@H]3C(=O)NC3CCC3)n(-c3ccccc3)n2)CC1. The molecule has 2 N–H and O–H groups in total. The molecular weight excluding hydrogens is 674 g/mol. The number of nitrogens with zero attached hydrogens (tertiary/aromatic N) is 5. The van der Waals surface area contributed by atoms with Crippen LogP contribution in [0, 0.1) is 0 Å². The highest BCUT2D eigenvalue weighted by molar-refractivity contribution is 5.96. The van der Waals surface area contributed by atoms with Crippen molar-refractivity contribution >= 4 is 29.7 Å². The molecule has 4 heterocycles. The van der Waals surface area contributed by atoms with Crippen LogP contribution < -0.4 is 15.4 Å². The molecule has 2 aromatic rings. The molecule has 3 saturated heterocycles. The Morgan fingerprint density at radius 3 is 2.37 bits per heavy atom. The predicted octanol–water partition coefficient (Wildman–Crippen LogP) is 1.85. The fourth-order valence-electron chi connectivity index (χ4n) is 6.88. The summed E-state index contributed by atoms with van der Waals surface area (Å²) in [4.78, 5) is 71.1. The number of piperazine rings is 1. The Morgan fingerprint density at radius 1 is 0.981 bits per heavy atom. The Labute approximate surface area is 303 Å². The van der Waals surface area contributed by atoms with E-state index in [1.165, 1.54) is 10.7 Å². The highest BCUT2D eigenvalue weighted by Gasteiger charge is 2.39. The van der Waals surface area contributed by atoms with Gasteiger partial charge in [0.05, 0.1) is 25.0 Å². The highest BCUT2D eigenvalue weighted by atomic mass is 16.7. The van der Waals surface area contributed by atoms with Crippen molar-refractivity contribution in [2.24, 2.45) is 0 Å². The quantitative estimate of drug-likeness (QED) is 0.329. The fraction of sp³-hybridized carbons (Fsp3) is 0.611. The molecule has 1 unspecified atom stereocenters. The number of benzene rings is 1. The lowest BCUT2D eigenvalue weighted by atomic mass is 9.93. The molecule has 1 saturated carbocycles. The van der Waals surface area contributed by atoms with Gasteiger partial charge in [0.15, 0.2) is 18.1 Å². The minimum Gasteiger partial charge on any atom is -0.467 e. The van der Waals surface area contributed by atoms with E-state index in [1.54, 1.807) is 47.6 Å². The molecule has 1 aromatic heterocycles. The summed E-state index contributed by atoms with van der Waals surface area (Å²) in [7, 11) is 0. The zero-order chi connectivity index (χ0) is 36.8. The summed E-state index contributed by atoms with van der Waals surface area (Å²) in [6, 6.07) is 9.09. The summed E-state index contributed by atoms with van der Waals surface area (Å²) in [5, 5.41) is 10.4. The van der Waals surface area contributed by atoms with Gasteiger partial charge in [-0.25, -0.2) is 9.48 Å². The molecule has 6 rings (SSSR count). The van der Waals surface area contributed by atoms with Crippen LogP contribution in [0.1, 0.15) is 69.8 Å². The van der Waals surface area contributed by atoms with Gasteiger partial charge < -0.3 is 44.3 Å². The maximum atomic E-state index is 13.9. The number of likely N-dealkylation sites (tertiary alicyclic amines) is 1. The molecule has 1 aromatic carbocycles. The third kappa shape index (κ3) is 8.84. The van der Waals surface area contributed by atoms with E-state index in [2.05, 4.69) is 15.7 Å². The smallest absolute Gasteiger partial charge is 0.409 e. The van der Waals surface area contributed by atoms with E-state index in [1.807, 2.05) is 18.2 Å². The summed E-state index contributed by atoms with van der Waals surface area (Å²) >= 11 is 0. The first kappa shape index (κ1) is 37.1. The number of amides is 5. The van der Waals surface area contributed by atoms with Gasteiger partial charge in [0.25, 0.3) is 11.8 Å². The van der Waals surface area contributed by atoms with Crippen molar-refractivity contribution < 1.29 is 42.9 Å². The molecule has 0 bridgehead atoms. The van der Waals surface area contributed by atoms with Crippen molar-refractivity contribution in [3.8, 4) is 11.6 Å². The largest absolute Gasteiger partial charge is 0.467 e. The second-order valence-corrected chi connectivity index (χ2v) is 14.0. The summed E-state index contributed by atoms with van der Waals surface area (Å²) in [5.41, 5.74) is 0.563. The molecular formula is C36H49N7O9. The van der Waals surface area contributed by atoms with E-state index in [9.17, 15) is 24.0 Å². The summed E-state index contributed by atoms with van der Waals surface area (Å²) < 4.78 is 24.3. The number of ether oxygens (including phenoxy) is 4. The number of aromatic nitrogens is 2. The Balaban J connectivity index is 1.16. The monoisotopic (exact) mass is 723 g/mol.